The second kappa shape index (κ2) is 9.63. The molecule has 0 radical (unpaired) electrons. The van der Waals surface area contributed by atoms with Crippen LogP contribution >= 0.6 is 11.6 Å². The molecule has 10 nitrogen and oxygen atoms in total. The first kappa shape index (κ1) is 27.3. The minimum Gasteiger partial charge on any atom is -0.481 e. The van der Waals surface area contributed by atoms with Crippen molar-refractivity contribution in [2.24, 2.45) is 29.1 Å². The summed E-state index contributed by atoms with van der Waals surface area (Å²) >= 11 is 5.98. The van der Waals surface area contributed by atoms with Gasteiger partial charge in [-0.15, -0.1) is 0 Å². The number of aliphatic carboxylic acids is 1. The summed E-state index contributed by atoms with van der Waals surface area (Å²) in [6.45, 7) is 1.03. The van der Waals surface area contributed by atoms with Gasteiger partial charge in [-0.25, -0.2) is 9.29 Å². The van der Waals surface area contributed by atoms with E-state index < -0.39 is 77.0 Å². The van der Waals surface area contributed by atoms with Gasteiger partial charge in [0.15, 0.2) is 0 Å². The highest BCUT2D eigenvalue weighted by molar-refractivity contribution is 6.31. The molecule has 2 saturated heterocycles. The number of anilines is 1. The highest BCUT2D eigenvalue weighted by atomic mass is 35.5. The maximum atomic E-state index is 14.2. The van der Waals surface area contributed by atoms with Gasteiger partial charge in [-0.1, -0.05) is 23.3 Å². The molecule has 214 valence electrons. The number of fused-ring (bicyclic) bond motifs is 4. The monoisotopic (exact) mass is 584 g/mol. The summed E-state index contributed by atoms with van der Waals surface area (Å²) < 4.78 is 19.9. The topological polar surface area (TPSA) is 145 Å². The number of carbonyl (C=O) groups excluding carboxylic acids is 4. The fourth-order valence-corrected chi connectivity index (χ4v) is 7.49. The van der Waals surface area contributed by atoms with Gasteiger partial charge < -0.3 is 14.6 Å². The van der Waals surface area contributed by atoms with E-state index in [0.29, 0.717) is 11.3 Å². The Balaban J connectivity index is 1.46. The number of carboxylic acid groups (broad SMARTS) is 1. The van der Waals surface area contributed by atoms with E-state index in [4.69, 9.17) is 21.1 Å². The molecule has 2 aliphatic heterocycles. The Bertz CT molecular complexity index is 1550. The van der Waals surface area contributed by atoms with E-state index in [2.05, 4.69) is 0 Å². The molecule has 0 bridgehead atoms. The van der Waals surface area contributed by atoms with E-state index in [1.165, 1.54) is 12.1 Å². The van der Waals surface area contributed by atoms with Crippen LogP contribution in [-0.4, -0.2) is 51.3 Å². The van der Waals surface area contributed by atoms with Crippen LogP contribution in [-0.2, 0) is 30.6 Å². The normalized spacial score (nSPS) is 30.8. The maximum absolute atomic E-state index is 14.2. The minimum absolute atomic E-state index is 0.0926. The van der Waals surface area contributed by atoms with Gasteiger partial charge in [0.05, 0.1) is 46.2 Å². The first-order valence-electron chi connectivity index (χ1n) is 13.3. The van der Waals surface area contributed by atoms with E-state index in [-0.39, 0.29) is 42.3 Å². The zero-order chi connectivity index (χ0) is 29.4. The molecule has 1 saturated carbocycles. The van der Waals surface area contributed by atoms with Gasteiger partial charge in [0, 0.05) is 6.54 Å². The maximum Gasteiger partial charge on any atom is 0.305 e. The fourth-order valence-electron chi connectivity index (χ4n) is 7.31. The van der Waals surface area contributed by atoms with Gasteiger partial charge in [0.25, 0.3) is 0 Å². The van der Waals surface area contributed by atoms with Crippen molar-refractivity contribution in [2.75, 3.05) is 11.4 Å². The van der Waals surface area contributed by atoms with Crippen LogP contribution in [0.5, 0.6) is 0 Å². The Labute approximate surface area is 238 Å². The summed E-state index contributed by atoms with van der Waals surface area (Å²) in [6.07, 6.45) is 1.74. The molecule has 12 heteroatoms. The predicted molar refractivity (Wildman–Crippen MR) is 140 cm³/mol. The Hall–Kier alpha value is -3.83. The number of likely N-dealkylation sites (tertiary alicyclic amines) is 1. The number of aliphatic hydroxyl groups is 1. The van der Waals surface area contributed by atoms with E-state index in [9.17, 15) is 33.5 Å². The highest BCUT2D eigenvalue weighted by Crippen LogP contribution is 2.63. The van der Waals surface area contributed by atoms with Crippen molar-refractivity contribution in [1.82, 2.24) is 4.90 Å². The number of carboxylic acids is 1. The Morgan fingerprint density at radius 3 is 2.54 bits per heavy atom. The number of hydrogen-bond acceptors (Lipinski definition) is 7. The lowest BCUT2D eigenvalue weighted by molar-refractivity contribution is -0.142. The number of furan rings is 1. The van der Waals surface area contributed by atoms with Crippen molar-refractivity contribution in [2.45, 2.75) is 38.7 Å². The number of amides is 4. The molecule has 2 N–H and O–H groups in total. The molecule has 6 atom stereocenters. The molecule has 0 spiro atoms. The van der Waals surface area contributed by atoms with Crippen LogP contribution in [0.3, 0.4) is 0 Å². The summed E-state index contributed by atoms with van der Waals surface area (Å²) in [7, 11) is 0. The van der Waals surface area contributed by atoms with E-state index in [0.717, 1.165) is 15.9 Å². The van der Waals surface area contributed by atoms with Crippen LogP contribution in [0.25, 0.3) is 0 Å². The molecule has 2 aliphatic carbocycles. The standard InChI is InChI=1S/C29H26ClFN2O8/c1-29-18(26(38)33(28(29)40)13-2-6-20(31)19(30)10-13)11-17-15(24(29)21-7-3-14(12-34)41-21)4-5-16-23(17)27(39)32(25(16)37)9-8-22(35)36/h2-4,6-7,10,16-18,23-24,34H,5,8-9,11-12H2,1H3,(H,35,36). The van der Waals surface area contributed by atoms with Gasteiger partial charge in [-0.3, -0.25) is 28.9 Å². The van der Waals surface area contributed by atoms with Crippen LogP contribution in [0.2, 0.25) is 5.02 Å². The molecule has 6 unspecified atom stereocenters. The molecule has 1 aromatic heterocycles. The van der Waals surface area contributed by atoms with Crippen molar-refractivity contribution in [1.29, 1.82) is 0 Å². The first-order chi connectivity index (χ1) is 19.5. The number of aliphatic hydroxyl groups excluding tert-OH is 1. The zero-order valence-electron chi connectivity index (χ0n) is 21.9. The Morgan fingerprint density at radius 1 is 1.12 bits per heavy atom. The molecule has 1 aromatic carbocycles. The van der Waals surface area contributed by atoms with Crippen LogP contribution in [0.1, 0.15) is 43.6 Å². The number of hydrogen-bond donors (Lipinski definition) is 2. The van der Waals surface area contributed by atoms with Gasteiger partial charge in [0.1, 0.15) is 23.9 Å². The van der Waals surface area contributed by atoms with Gasteiger partial charge in [0.2, 0.25) is 23.6 Å². The van der Waals surface area contributed by atoms with E-state index >= 15 is 0 Å². The quantitative estimate of drug-likeness (QED) is 0.389. The van der Waals surface area contributed by atoms with Crippen molar-refractivity contribution in [3.63, 3.8) is 0 Å². The third kappa shape index (κ3) is 3.89. The number of rotatable bonds is 6. The molecule has 3 heterocycles. The molecule has 6 rings (SSSR count). The summed E-state index contributed by atoms with van der Waals surface area (Å²) in [5, 5.41) is 18.5. The van der Waals surface area contributed by atoms with Gasteiger partial charge >= 0.3 is 5.97 Å². The van der Waals surface area contributed by atoms with E-state index in [1.54, 1.807) is 19.1 Å². The fraction of sp³-hybridized carbons (Fsp3) is 0.414. The third-order valence-electron chi connectivity index (χ3n) is 9.20. The highest BCUT2D eigenvalue weighted by Gasteiger charge is 2.68. The lowest BCUT2D eigenvalue weighted by Crippen LogP contribution is -2.48. The molecule has 2 aromatic rings. The number of benzene rings is 1. The van der Waals surface area contributed by atoms with Crippen LogP contribution in [0.15, 0.2) is 46.4 Å². The zero-order valence-corrected chi connectivity index (χ0v) is 22.6. The van der Waals surface area contributed by atoms with Crippen LogP contribution in [0.4, 0.5) is 10.1 Å². The largest absolute Gasteiger partial charge is 0.481 e. The van der Waals surface area contributed by atoms with Crippen molar-refractivity contribution < 1.29 is 43.0 Å². The van der Waals surface area contributed by atoms with Crippen LogP contribution in [0, 0.1) is 34.9 Å². The summed E-state index contributed by atoms with van der Waals surface area (Å²) in [6, 6.07) is 6.78. The lowest BCUT2D eigenvalue weighted by Gasteiger charge is -2.48. The number of nitrogens with zero attached hydrogens (tertiary/aromatic N) is 2. The summed E-state index contributed by atoms with van der Waals surface area (Å²) in [5.41, 5.74) is -0.574. The van der Waals surface area contributed by atoms with Gasteiger partial charge in [-0.05, 0) is 56.0 Å². The predicted octanol–water partition coefficient (Wildman–Crippen LogP) is 3.27. The number of imide groups is 2. The number of carbonyl (C=O) groups is 5. The summed E-state index contributed by atoms with van der Waals surface area (Å²) in [4.78, 5) is 68.2. The third-order valence-corrected chi connectivity index (χ3v) is 9.49. The molecular formula is C29H26ClFN2O8. The molecule has 4 aliphatic rings. The first-order valence-corrected chi connectivity index (χ1v) is 13.7. The van der Waals surface area contributed by atoms with Crippen molar-refractivity contribution in [3.8, 4) is 0 Å². The average Bonchev–Trinajstić information content (AvgIpc) is 3.56. The summed E-state index contributed by atoms with van der Waals surface area (Å²) in [5.74, 6) is -7.15. The molecular weight excluding hydrogens is 559 g/mol. The lowest BCUT2D eigenvalue weighted by atomic mass is 9.52. The second-order valence-electron chi connectivity index (χ2n) is 11.2. The molecule has 3 fully saturated rings. The van der Waals surface area contributed by atoms with E-state index in [1.807, 2.05) is 6.08 Å². The Kier molecular flexibility index (Phi) is 6.42. The Morgan fingerprint density at radius 2 is 1.88 bits per heavy atom. The van der Waals surface area contributed by atoms with Gasteiger partial charge in [-0.2, -0.15) is 0 Å². The SMILES string of the molecule is CC12C(=O)N(c3ccc(F)c(Cl)c3)C(=O)C1CC1C(=CCC3C(=O)N(CCC(=O)O)C(=O)C31)C2c1ccc(CO)o1. The minimum atomic E-state index is -1.37. The number of halogens is 2. The van der Waals surface area contributed by atoms with Crippen molar-refractivity contribution in [3.05, 3.63) is 64.3 Å². The van der Waals surface area contributed by atoms with Crippen molar-refractivity contribution >= 4 is 46.9 Å². The average molecular weight is 585 g/mol. The van der Waals surface area contributed by atoms with Crippen LogP contribution < -0.4 is 4.90 Å². The number of allylic oxidation sites excluding steroid dienone is 2. The molecule has 4 amide bonds. The molecule has 41 heavy (non-hydrogen) atoms. The smallest absolute Gasteiger partial charge is 0.305 e. The second-order valence-corrected chi connectivity index (χ2v) is 11.6.